The van der Waals surface area contributed by atoms with Gasteiger partial charge in [-0.25, -0.2) is 9.67 Å². The third-order valence-electron chi connectivity index (χ3n) is 2.52. The number of thioether (sulfide) groups is 1. The highest BCUT2D eigenvalue weighted by atomic mass is 32.2. The van der Waals surface area contributed by atoms with E-state index in [0.717, 1.165) is 23.4 Å². The first-order valence-corrected chi connectivity index (χ1v) is 6.02. The van der Waals surface area contributed by atoms with E-state index in [4.69, 9.17) is 0 Å². The van der Waals surface area contributed by atoms with E-state index < -0.39 is 0 Å². The predicted octanol–water partition coefficient (Wildman–Crippen LogP) is 0.907. The number of hydrogen-bond acceptors (Lipinski definition) is 4. The Morgan fingerprint density at radius 2 is 2.64 bits per heavy atom. The topological polar surface area (TPSA) is 42.7 Å². The number of hydrogen-bond donors (Lipinski definition) is 1. The van der Waals surface area contributed by atoms with Crippen LogP contribution in [-0.4, -0.2) is 33.6 Å². The van der Waals surface area contributed by atoms with Gasteiger partial charge < -0.3 is 5.32 Å². The van der Waals surface area contributed by atoms with Gasteiger partial charge in [0.25, 0.3) is 0 Å². The van der Waals surface area contributed by atoms with Gasteiger partial charge in [0.1, 0.15) is 6.33 Å². The molecule has 4 nitrogen and oxygen atoms in total. The van der Waals surface area contributed by atoms with Crippen molar-refractivity contribution in [1.29, 1.82) is 0 Å². The minimum atomic E-state index is 0.797. The van der Waals surface area contributed by atoms with Gasteiger partial charge in [-0.3, -0.25) is 0 Å². The summed E-state index contributed by atoms with van der Waals surface area (Å²) >= 11 is 1.81. The standard InChI is InChI=1S/C9H16N4S/c1-13-9(11-7-12-13)14-6-8-3-2-4-10-5-8/h7-8,10H,2-6H2,1H3. The van der Waals surface area contributed by atoms with Gasteiger partial charge in [0.05, 0.1) is 0 Å². The molecule has 1 unspecified atom stereocenters. The van der Waals surface area contributed by atoms with E-state index in [-0.39, 0.29) is 0 Å². The fourth-order valence-corrected chi connectivity index (χ4v) is 2.70. The smallest absolute Gasteiger partial charge is 0.185 e. The number of nitrogens with one attached hydrogen (secondary N) is 1. The molecular weight excluding hydrogens is 196 g/mol. The molecule has 0 bridgehead atoms. The lowest BCUT2D eigenvalue weighted by Gasteiger charge is -2.21. The Bertz CT molecular complexity index is 280. The SMILES string of the molecule is Cn1ncnc1SCC1CCCNC1. The summed E-state index contributed by atoms with van der Waals surface area (Å²) in [4.78, 5) is 4.19. The zero-order chi connectivity index (χ0) is 9.80. The molecule has 0 aromatic carbocycles. The van der Waals surface area contributed by atoms with Crippen LogP contribution in [0.5, 0.6) is 0 Å². The highest BCUT2D eigenvalue weighted by molar-refractivity contribution is 7.99. The molecule has 1 aliphatic rings. The Kier molecular flexibility index (Phi) is 3.42. The van der Waals surface area contributed by atoms with Crippen molar-refractivity contribution in [3.8, 4) is 0 Å². The molecule has 1 fully saturated rings. The second-order valence-electron chi connectivity index (χ2n) is 3.69. The monoisotopic (exact) mass is 212 g/mol. The molecule has 0 saturated carbocycles. The van der Waals surface area contributed by atoms with Crippen LogP contribution in [-0.2, 0) is 7.05 Å². The first kappa shape index (κ1) is 9.98. The van der Waals surface area contributed by atoms with E-state index in [1.807, 2.05) is 23.5 Å². The van der Waals surface area contributed by atoms with E-state index in [1.54, 1.807) is 6.33 Å². The summed E-state index contributed by atoms with van der Waals surface area (Å²) in [5.74, 6) is 1.95. The van der Waals surface area contributed by atoms with E-state index >= 15 is 0 Å². The summed E-state index contributed by atoms with van der Waals surface area (Å²) in [6.07, 6.45) is 4.27. The van der Waals surface area contributed by atoms with Crippen LogP contribution in [0.1, 0.15) is 12.8 Å². The molecule has 1 atom stereocenters. The zero-order valence-corrected chi connectivity index (χ0v) is 9.26. The molecule has 1 saturated heterocycles. The van der Waals surface area contributed by atoms with Crippen molar-refractivity contribution in [2.45, 2.75) is 18.0 Å². The molecular formula is C9H16N4S. The number of piperidine rings is 1. The molecule has 1 aromatic heterocycles. The molecule has 1 aliphatic heterocycles. The van der Waals surface area contributed by atoms with Crippen LogP contribution in [0, 0.1) is 5.92 Å². The van der Waals surface area contributed by atoms with Crippen LogP contribution in [0.3, 0.4) is 0 Å². The molecule has 14 heavy (non-hydrogen) atoms. The summed E-state index contributed by atoms with van der Waals surface area (Å²) in [6, 6.07) is 0. The van der Waals surface area contributed by atoms with Crippen molar-refractivity contribution >= 4 is 11.8 Å². The van der Waals surface area contributed by atoms with Crippen molar-refractivity contribution in [2.24, 2.45) is 13.0 Å². The highest BCUT2D eigenvalue weighted by Gasteiger charge is 2.14. The third kappa shape index (κ3) is 2.48. The Labute approximate surface area is 88.5 Å². The van der Waals surface area contributed by atoms with E-state index in [1.165, 1.54) is 19.4 Å². The van der Waals surface area contributed by atoms with Crippen molar-refractivity contribution in [1.82, 2.24) is 20.1 Å². The summed E-state index contributed by atoms with van der Waals surface area (Å²) < 4.78 is 1.83. The quantitative estimate of drug-likeness (QED) is 0.756. The molecule has 0 aliphatic carbocycles. The molecule has 78 valence electrons. The lowest BCUT2D eigenvalue weighted by molar-refractivity contribution is 0.410. The molecule has 0 radical (unpaired) electrons. The maximum absolute atomic E-state index is 4.19. The molecule has 1 N–H and O–H groups in total. The van der Waals surface area contributed by atoms with Gasteiger partial charge in [0.15, 0.2) is 5.16 Å². The van der Waals surface area contributed by atoms with Crippen LogP contribution >= 0.6 is 11.8 Å². The Hall–Kier alpha value is -0.550. The van der Waals surface area contributed by atoms with Crippen molar-refractivity contribution < 1.29 is 0 Å². The number of aromatic nitrogens is 3. The van der Waals surface area contributed by atoms with Crippen molar-refractivity contribution in [3.05, 3.63) is 6.33 Å². The lowest BCUT2D eigenvalue weighted by Crippen LogP contribution is -2.30. The second kappa shape index (κ2) is 4.79. The van der Waals surface area contributed by atoms with Gasteiger partial charge in [0, 0.05) is 12.8 Å². The second-order valence-corrected chi connectivity index (χ2v) is 4.68. The maximum atomic E-state index is 4.19. The molecule has 2 heterocycles. The molecule has 2 rings (SSSR count). The third-order valence-corrected chi connectivity index (χ3v) is 3.78. The van der Waals surface area contributed by atoms with Gasteiger partial charge in [-0.2, -0.15) is 5.10 Å². The zero-order valence-electron chi connectivity index (χ0n) is 8.44. The first-order valence-electron chi connectivity index (χ1n) is 5.04. The molecule has 5 heteroatoms. The largest absolute Gasteiger partial charge is 0.316 e. The Balaban J connectivity index is 1.79. The summed E-state index contributed by atoms with van der Waals surface area (Å²) in [5, 5.41) is 8.50. The summed E-state index contributed by atoms with van der Waals surface area (Å²) in [5.41, 5.74) is 0. The average Bonchev–Trinajstić information content (AvgIpc) is 2.63. The van der Waals surface area contributed by atoms with Gasteiger partial charge in [0.2, 0.25) is 0 Å². The molecule has 0 spiro atoms. The summed E-state index contributed by atoms with van der Waals surface area (Å²) in [7, 11) is 1.94. The number of nitrogens with zero attached hydrogens (tertiary/aromatic N) is 3. The van der Waals surface area contributed by atoms with E-state index in [2.05, 4.69) is 15.4 Å². The van der Waals surface area contributed by atoms with Gasteiger partial charge in [-0.15, -0.1) is 0 Å². The molecule has 1 aromatic rings. The van der Waals surface area contributed by atoms with Crippen LogP contribution in [0.2, 0.25) is 0 Å². The van der Waals surface area contributed by atoms with E-state index in [0.29, 0.717) is 0 Å². The first-order chi connectivity index (χ1) is 6.86. The normalized spacial score (nSPS) is 22.5. The van der Waals surface area contributed by atoms with Crippen LogP contribution < -0.4 is 5.32 Å². The predicted molar refractivity (Wildman–Crippen MR) is 57.3 cm³/mol. The van der Waals surface area contributed by atoms with Crippen molar-refractivity contribution in [2.75, 3.05) is 18.8 Å². The van der Waals surface area contributed by atoms with Crippen molar-refractivity contribution in [3.63, 3.8) is 0 Å². The fraction of sp³-hybridized carbons (Fsp3) is 0.778. The molecule has 0 amide bonds. The summed E-state index contributed by atoms with van der Waals surface area (Å²) in [6.45, 7) is 2.34. The lowest BCUT2D eigenvalue weighted by atomic mass is 10.0. The van der Waals surface area contributed by atoms with Crippen LogP contribution in [0.4, 0.5) is 0 Å². The Morgan fingerprint density at radius 1 is 1.71 bits per heavy atom. The minimum Gasteiger partial charge on any atom is -0.316 e. The minimum absolute atomic E-state index is 0.797. The van der Waals surface area contributed by atoms with Gasteiger partial charge in [-0.1, -0.05) is 11.8 Å². The van der Waals surface area contributed by atoms with Gasteiger partial charge >= 0.3 is 0 Å². The van der Waals surface area contributed by atoms with Crippen LogP contribution in [0.25, 0.3) is 0 Å². The fourth-order valence-electron chi connectivity index (χ4n) is 1.67. The van der Waals surface area contributed by atoms with Crippen LogP contribution in [0.15, 0.2) is 11.5 Å². The highest BCUT2D eigenvalue weighted by Crippen LogP contribution is 2.21. The number of rotatable bonds is 3. The van der Waals surface area contributed by atoms with E-state index in [9.17, 15) is 0 Å². The average molecular weight is 212 g/mol. The Morgan fingerprint density at radius 3 is 3.29 bits per heavy atom. The maximum Gasteiger partial charge on any atom is 0.185 e. The van der Waals surface area contributed by atoms with Gasteiger partial charge in [-0.05, 0) is 31.8 Å². The number of aryl methyl sites for hydroxylation is 1.